The zero-order valence-electron chi connectivity index (χ0n) is 9.32. The van der Waals surface area contributed by atoms with Gasteiger partial charge in [-0.3, -0.25) is 4.98 Å². The third-order valence-electron chi connectivity index (χ3n) is 3.68. The molecule has 1 aliphatic carbocycles. The number of pyridine rings is 1. The molecule has 82 valence electrons. The molecule has 2 heteroatoms. The van der Waals surface area contributed by atoms with E-state index in [1.165, 1.54) is 12.8 Å². The summed E-state index contributed by atoms with van der Waals surface area (Å²) in [6.07, 6.45) is 7.07. The fourth-order valence-electron chi connectivity index (χ4n) is 2.48. The van der Waals surface area contributed by atoms with Gasteiger partial charge in [0.15, 0.2) is 0 Å². The number of aliphatic hydroxyl groups excluding tert-OH is 1. The van der Waals surface area contributed by atoms with E-state index in [0.29, 0.717) is 6.42 Å². The van der Waals surface area contributed by atoms with Crippen LogP contribution in [0.4, 0.5) is 0 Å². The van der Waals surface area contributed by atoms with Gasteiger partial charge in [-0.1, -0.05) is 25.8 Å². The molecule has 1 heterocycles. The predicted molar refractivity (Wildman–Crippen MR) is 60.5 cm³/mol. The van der Waals surface area contributed by atoms with Gasteiger partial charge in [-0.2, -0.15) is 0 Å². The monoisotopic (exact) mass is 205 g/mol. The molecule has 1 saturated carbocycles. The number of rotatable bonds is 3. The van der Waals surface area contributed by atoms with Crippen LogP contribution in [0.15, 0.2) is 24.4 Å². The Labute approximate surface area is 91.4 Å². The molecule has 1 atom stereocenters. The summed E-state index contributed by atoms with van der Waals surface area (Å²) in [5, 5.41) is 10.2. The summed E-state index contributed by atoms with van der Waals surface area (Å²) in [4.78, 5) is 4.26. The van der Waals surface area contributed by atoms with E-state index in [1.807, 2.05) is 18.2 Å². The Bertz CT molecular complexity index is 304. The Morgan fingerprint density at radius 3 is 2.73 bits per heavy atom. The SMILES string of the molecule is CC1(C(O)Cc2ccccn2)CCCC1. The van der Waals surface area contributed by atoms with Gasteiger partial charge in [0.25, 0.3) is 0 Å². The van der Waals surface area contributed by atoms with E-state index in [0.717, 1.165) is 18.5 Å². The highest BCUT2D eigenvalue weighted by atomic mass is 16.3. The van der Waals surface area contributed by atoms with Gasteiger partial charge >= 0.3 is 0 Å². The number of hydrogen-bond acceptors (Lipinski definition) is 2. The van der Waals surface area contributed by atoms with Crippen LogP contribution in [0, 0.1) is 5.41 Å². The first kappa shape index (κ1) is 10.6. The third kappa shape index (κ3) is 2.37. The van der Waals surface area contributed by atoms with Crippen molar-refractivity contribution in [1.82, 2.24) is 4.98 Å². The van der Waals surface area contributed by atoms with Crippen molar-refractivity contribution in [1.29, 1.82) is 0 Å². The van der Waals surface area contributed by atoms with Crippen molar-refractivity contribution >= 4 is 0 Å². The second-order valence-electron chi connectivity index (χ2n) is 4.90. The van der Waals surface area contributed by atoms with Crippen LogP contribution in [0.2, 0.25) is 0 Å². The first-order chi connectivity index (χ1) is 7.21. The van der Waals surface area contributed by atoms with Crippen molar-refractivity contribution in [3.05, 3.63) is 30.1 Å². The van der Waals surface area contributed by atoms with Crippen molar-refractivity contribution in [2.24, 2.45) is 5.41 Å². The number of nitrogens with zero attached hydrogens (tertiary/aromatic N) is 1. The van der Waals surface area contributed by atoms with Crippen LogP contribution >= 0.6 is 0 Å². The second-order valence-corrected chi connectivity index (χ2v) is 4.90. The van der Waals surface area contributed by atoms with Crippen LogP contribution < -0.4 is 0 Å². The van der Waals surface area contributed by atoms with Crippen LogP contribution in [-0.4, -0.2) is 16.2 Å². The third-order valence-corrected chi connectivity index (χ3v) is 3.68. The molecule has 0 bridgehead atoms. The Balaban J connectivity index is 2.00. The molecule has 0 radical (unpaired) electrons. The van der Waals surface area contributed by atoms with Gasteiger partial charge in [-0.05, 0) is 30.4 Å². The lowest BCUT2D eigenvalue weighted by Crippen LogP contribution is -2.31. The maximum atomic E-state index is 10.2. The maximum absolute atomic E-state index is 10.2. The van der Waals surface area contributed by atoms with Crippen LogP contribution in [-0.2, 0) is 6.42 Å². The summed E-state index contributed by atoms with van der Waals surface area (Å²) in [5.41, 5.74) is 1.12. The normalized spacial score (nSPS) is 21.5. The van der Waals surface area contributed by atoms with Crippen molar-refractivity contribution in [3.8, 4) is 0 Å². The van der Waals surface area contributed by atoms with E-state index in [1.54, 1.807) is 6.20 Å². The molecule has 1 N–H and O–H groups in total. The van der Waals surface area contributed by atoms with E-state index in [-0.39, 0.29) is 11.5 Å². The molecule has 1 aromatic rings. The summed E-state index contributed by atoms with van der Waals surface area (Å²) in [7, 11) is 0. The average molecular weight is 205 g/mol. The zero-order chi connectivity index (χ0) is 10.7. The Kier molecular flexibility index (Phi) is 3.06. The standard InChI is InChI=1S/C13H19NO/c1-13(7-3-4-8-13)12(15)10-11-6-2-5-9-14-11/h2,5-6,9,12,15H,3-4,7-8,10H2,1H3. The summed E-state index contributed by atoms with van der Waals surface area (Å²) in [6.45, 7) is 2.20. The van der Waals surface area contributed by atoms with Gasteiger partial charge in [0.1, 0.15) is 0 Å². The van der Waals surface area contributed by atoms with Gasteiger partial charge in [0.05, 0.1) is 6.10 Å². The molecule has 0 spiro atoms. The molecule has 0 aromatic carbocycles. The number of hydrogen-bond donors (Lipinski definition) is 1. The topological polar surface area (TPSA) is 33.1 Å². The Morgan fingerprint density at radius 2 is 2.13 bits per heavy atom. The van der Waals surface area contributed by atoms with Gasteiger partial charge < -0.3 is 5.11 Å². The quantitative estimate of drug-likeness (QED) is 0.822. The molecule has 0 aliphatic heterocycles. The lowest BCUT2D eigenvalue weighted by molar-refractivity contribution is 0.0416. The van der Waals surface area contributed by atoms with Crippen LogP contribution in [0.3, 0.4) is 0 Å². The van der Waals surface area contributed by atoms with E-state index >= 15 is 0 Å². The van der Waals surface area contributed by atoms with Crippen LogP contribution in [0.5, 0.6) is 0 Å². The number of aliphatic hydroxyl groups is 1. The largest absolute Gasteiger partial charge is 0.392 e. The first-order valence-electron chi connectivity index (χ1n) is 5.79. The number of aromatic nitrogens is 1. The maximum Gasteiger partial charge on any atom is 0.0649 e. The molecule has 2 rings (SSSR count). The predicted octanol–water partition coefficient (Wildman–Crippen LogP) is 2.57. The molecule has 1 fully saturated rings. The van der Waals surface area contributed by atoms with Gasteiger partial charge in [-0.15, -0.1) is 0 Å². The highest BCUT2D eigenvalue weighted by molar-refractivity contribution is 5.06. The van der Waals surface area contributed by atoms with Crippen molar-refractivity contribution in [2.75, 3.05) is 0 Å². The van der Waals surface area contributed by atoms with Crippen LogP contribution in [0.1, 0.15) is 38.3 Å². The van der Waals surface area contributed by atoms with Gasteiger partial charge in [0, 0.05) is 18.3 Å². The Morgan fingerprint density at radius 1 is 1.40 bits per heavy atom. The highest BCUT2D eigenvalue weighted by Crippen LogP contribution is 2.41. The van der Waals surface area contributed by atoms with Gasteiger partial charge in [0.2, 0.25) is 0 Å². The summed E-state index contributed by atoms with van der Waals surface area (Å²) in [6, 6.07) is 5.88. The minimum atomic E-state index is -0.241. The molecule has 2 nitrogen and oxygen atoms in total. The van der Waals surface area contributed by atoms with E-state index in [4.69, 9.17) is 0 Å². The molecular formula is C13H19NO. The first-order valence-corrected chi connectivity index (χ1v) is 5.79. The molecule has 0 saturated heterocycles. The second kappa shape index (κ2) is 4.31. The molecule has 1 aromatic heterocycles. The van der Waals surface area contributed by atoms with Crippen LogP contribution in [0.25, 0.3) is 0 Å². The lowest BCUT2D eigenvalue weighted by atomic mass is 9.80. The average Bonchev–Trinajstić information content (AvgIpc) is 2.68. The van der Waals surface area contributed by atoms with Crippen molar-refractivity contribution in [3.63, 3.8) is 0 Å². The lowest BCUT2D eigenvalue weighted by Gasteiger charge is -2.29. The summed E-state index contributed by atoms with van der Waals surface area (Å²) < 4.78 is 0. The minimum Gasteiger partial charge on any atom is -0.392 e. The molecular weight excluding hydrogens is 186 g/mol. The van der Waals surface area contributed by atoms with E-state index in [9.17, 15) is 5.11 Å². The van der Waals surface area contributed by atoms with Gasteiger partial charge in [-0.25, -0.2) is 0 Å². The molecule has 1 unspecified atom stereocenters. The smallest absolute Gasteiger partial charge is 0.0649 e. The molecule has 1 aliphatic rings. The zero-order valence-corrected chi connectivity index (χ0v) is 9.32. The van der Waals surface area contributed by atoms with E-state index < -0.39 is 0 Å². The molecule has 0 amide bonds. The fraction of sp³-hybridized carbons (Fsp3) is 0.615. The molecule has 15 heavy (non-hydrogen) atoms. The van der Waals surface area contributed by atoms with Crippen molar-refractivity contribution in [2.45, 2.75) is 45.1 Å². The highest BCUT2D eigenvalue weighted by Gasteiger charge is 2.35. The summed E-state index contributed by atoms with van der Waals surface area (Å²) in [5.74, 6) is 0. The van der Waals surface area contributed by atoms with Crippen molar-refractivity contribution < 1.29 is 5.11 Å². The summed E-state index contributed by atoms with van der Waals surface area (Å²) >= 11 is 0. The fourth-order valence-corrected chi connectivity index (χ4v) is 2.48. The minimum absolute atomic E-state index is 0.123. The Hall–Kier alpha value is -0.890. The van der Waals surface area contributed by atoms with E-state index in [2.05, 4.69) is 11.9 Å².